The van der Waals surface area contributed by atoms with Crippen molar-refractivity contribution < 1.29 is 9.59 Å². The molecule has 1 N–H and O–H groups in total. The van der Waals surface area contributed by atoms with E-state index < -0.39 is 0 Å². The molecule has 26 heavy (non-hydrogen) atoms. The number of carbonyl (C=O) groups is 2. The van der Waals surface area contributed by atoms with E-state index in [1.54, 1.807) is 11.8 Å². The second-order valence-corrected chi connectivity index (χ2v) is 7.91. The van der Waals surface area contributed by atoms with Gasteiger partial charge in [0.05, 0.1) is 11.6 Å². The van der Waals surface area contributed by atoms with Crippen molar-refractivity contribution in [3.05, 3.63) is 36.9 Å². The lowest BCUT2D eigenvalue weighted by Gasteiger charge is -2.34. The maximum atomic E-state index is 12.8. The fourth-order valence-corrected chi connectivity index (χ4v) is 4.30. The van der Waals surface area contributed by atoms with Gasteiger partial charge in [-0.15, -0.1) is 18.3 Å². The molecule has 0 bridgehead atoms. The van der Waals surface area contributed by atoms with Crippen LogP contribution in [-0.2, 0) is 4.79 Å². The van der Waals surface area contributed by atoms with Crippen molar-refractivity contribution in [2.24, 2.45) is 5.92 Å². The molecule has 0 spiro atoms. The number of nitrogens with one attached hydrogen (secondary N) is 1. The van der Waals surface area contributed by atoms with E-state index in [-0.39, 0.29) is 17.9 Å². The van der Waals surface area contributed by atoms with Gasteiger partial charge < -0.3 is 15.1 Å². The lowest BCUT2D eigenvalue weighted by molar-refractivity contribution is -0.121. The van der Waals surface area contributed by atoms with Crippen molar-refractivity contribution in [1.29, 1.82) is 0 Å². The van der Waals surface area contributed by atoms with Crippen LogP contribution in [0, 0.1) is 5.92 Å². The minimum Gasteiger partial charge on any atom is -0.325 e. The van der Waals surface area contributed by atoms with E-state index in [1.807, 2.05) is 40.1 Å². The Morgan fingerprint density at radius 1 is 1.15 bits per heavy atom. The summed E-state index contributed by atoms with van der Waals surface area (Å²) < 4.78 is 0. The van der Waals surface area contributed by atoms with E-state index in [2.05, 4.69) is 11.9 Å². The molecule has 0 radical (unpaired) electrons. The van der Waals surface area contributed by atoms with Gasteiger partial charge in [0.2, 0.25) is 5.91 Å². The third-order valence-corrected chi connectivity index (χ3v) is 6.01. The quantitative estimate of drug-likeness (QED) is 0.630. The summed E-state index contributed by atoms with van der Waals surface area (Å²) in [5.41, 5.74) is 0.840. The van der Waals surface area contributed by atoms with Crippen LogP contribution in [0.15, 0.2) is 41.8 Å². The highest BCUT2D eigenvalue weighted by molar-refractivity contribution is 7.99. The summed E-state index contributed by atoms with van der Waals surface area (Å²) >= 11 is 1.65. The molecule has 0 unspecified atom stereocenters. The van der Waals surface area contributed by atoms with Crippen LogP contribution in [0.1, 0.15) is 25.7 Å². The smallest absolute Gasteiger partial charge is 0.320 e. The van der Waals surface area contributed by atoms with Gasteiger partial charge in [-0.05, 0) is 37.8 Å². The SMILES string of the molecule is C=CCSc1ccccc1NC(=O)[C@H]1CCCN(C(=O)N2CCCC2)C1. The number of thioether (sulfide) groups is 1. The van der Waals surface area contributed by atoms with Gasteiger partial charge in [-0.2, -0.15) is 0 Å². The second kappa shape index (κ2) is 9.12. The van der Waals surface area contributed by atoms with Crippen molar-refractivity contribution >= 4 is 29.4 Å². The summed E-state index contributed by atoms with van der Waals surface area (Å²) in [5.74, 6) is 0.664. The number of para-hydroxylation sites is 1. The standard InChI is InChI=1S/C20H27N3O2S/c1-2-14-26-18-10-4-3-9-17(18)21-19(24)16-8-7-13-23(15-16)20(25)22-11-5-6-12-22/h2-4,9-10,16H,1,5-8,11-15H2,(H,21,24)/t16-/m0/s1. The Labute approximate surface area is 159 Å². The molecule has 2 fully saturated rings. The van der Waals surface area contributed by atoms with Gasteiger partial charge in [0.15, 0.2) is 0 Å². The minimum absolute atomic E-state index is 0.00979. The molecule has 2 aliphatic rings. The first-order valence-electron chi connectivity index (χ1n) is 9.36. The van der Waals surface area contributed by atoms with Gasteiger partial charge in [-0.3, -0.25) is 4.79 Å². The summed E-state index contributed by atoms with van der Waals surface area (Å²) in [5, 5.41) is 3.07. The van der Waals surface area contributed by atoms with Gasteiger partial charge >= 0.3 is 6.03 Å². The maximum Gasteiger partial charge on any atom is 0.320 e. The Morgan fingerprint density at radius 3 is 2.65 bits per heavy atom. The number of anilines is 1. The molecule has 0 aromatic heterocycles. The van der Waals surface area contributed by atoms with E-state index in [0.29, 0.717) is 6.54 Å². The molecule has 2 saturated heterocycles. The summed E-state index contributed by atoms with van der Waals surface area (Å²) in [4.78, 5) is 30.2. The number of nitrogens with zero attached hydrogens (tertiary/aromatic N) is 2. The predicted octanol–water partition coefficient (Wildman–Crippen LogP) is 3.83. The van der Waals surface area contributed by atoms with Crippen molar-refractivity contribution in [3.8, 4) is 0 Å². The Kier molecular flexibility index (Phi) is 6.61. The fourth-order valence-electron chi connectivity index (χ4n) is 3.55. The summed E-state index contributed by atoms with van der Waals surface area (Å²) in [6, 6.07) is 7.94. The largest absolute Gasteiger partial charge is 0.325 e. The van der Waals surface area contributed by atoms with Crippen LogP contribution in [-0.4, -0.2) is 53.7 Å². The molecule has 1 atom stereocenters. The first-order valence-corrected chi connectivity index (χ1v) is 10.3. The zero-order valence-corrected chi connectivity index (χ0v) is 16.0. The zero-order chi connectivity index (χ0) is 18.4. The summed E-state index contributed by atoms with van der Waals surface area (Å²) in [7, 11) is 0. The average molecular weight is 374 g/mol. The zero-order valence-electron chi connectivity index (χ0n) is 15.2. The number of carbonyl (C=O) groups excluding carboxylic acids is 2. The van der Waals surface area contributed by atoms with Crippen LogP contribution in [0.4, 0.5) is 10.5 Å². The number of piperidine rings is 1. The molecule has 140 valence electrons. The van der Waals surface area contributed by atoms with E-state index >= 15 is 0 Å². The number of hydrogen-bond donors (Lipinski definition) is 1. The number of hydrogen-bond acceptors (Lipinski definition) is 3. The third kappa shape index (κ3) is 4.61. The van der Waals surface area contributed by atoms with Gasteiger partial charge in [-0.1, -0.05) is 18.2 Å². The normalized spacial score (nSPS) is 20.1. The van der Waals surface area contributed by atoms with Gasteiger partial charge in [0, 0.05) is 36.8 Å². The molecule has 0 saturated carbocycles. The van der Waals surface area contributed by atoms with E-state index in [4.69, 9.17) is 0 Å². The summed E-state index contributed by atoms with van der Waals surface area (Å²) in [6.45, 7) is 6.71. The van der Waals surface area contributed by atoms with E-state index in [9.17, 15) is 9.59 Å². The fraction of sp³-hybridized carbons (Fsp3) is 0.500. The maximum absolute atomic E-state index is 12.8. The molecule has 1 aromatic rings. The molecule has 2 aliphatic heterocycles. The molecule has 2 heterocycles. The van der Waals surface area contributed by atoms with Crippen LogP contribution in [0.2, 0.25) is 0 Å². The number of benzene rings is 1. The van der Waals surface area contributed by atoms with Crippen molar-refractivity contribution in [3.63, 3.8) is 0 Å². The highest BCUT2D eigenvalue weighted by atomic mass is 32.2. The Hall–Kier alpha value is -1.95. The minimum atomic E-state index is -0.146. The molecule has 5 nitrogen and oxygen atoms in total. The highest BCUT2D eigenvalue weighted by Gasteiger charge is 2.31. The molecule has 3 rings (SSSR count). The Bertz CT molecular complexity index is 658. The van der Waals surface area contributed by atoms with Crippen molar-refractivity contribution in [2.45, 2.75) is 30.6 Å². The lowest BCUT2D eigenvalue weighted by atomic mass is 9.97. The molecule has 0 aliphatic carbocycles. The molecular weight excluding hydrogens is 346 g/mol. The summed E-state index contributed by atoms with van der Waals surface area (Å²) in [6.07, 6.45) is 5.74. The van der Waals surface area contributed by atoms with Crippen LogP contribution < -0.4 is 5.32 Å². The van der Waals surface area contributed by atoms with Crippen LogP contribution >= 0.6 is 11.8 Å². The monoisotopic (exact) mass is 373 g/mol. The first-order chi connectivity index (χ1) is 12.7. The average Bonchev–Trinajstić information content (AvgIpc) is 3.21. The van der Waals surface area contributed by atoms with Crippen molar-refractivity contribution in [2.75, 3.05) is 37.2 Å². The number of rotatable bonds is 5. The van der Waals surface area contributed by atoms with Crippen molar-refractivity contribution in [1.82, 2.24) is 9.80 Å². The van der Waals surface area contributed by atoms with Gasteiger partial charge in [-0.25, -0.2) is 4.79 Å². The number of amides is 3. The second-order valence-electron chi connectivity index (χ2n) is 6.85. The van der Waals surface area contributed by atoms with Gasteiger partial charge in [0.1, 0.15) is 0 Å². The van der Waals surface area contributed by atoms with E-state index in [1.165, 1.54) is 0 Å². The van der Waals surface area contributed by atoms with E-state index in [0.717, 1.165) is 61.7 Å². The molecular formula is C20H27N3O2S. The lowest BCUT2D eigenvalue weighted by Crippen LogP contribution is -2.48. The Balaban J connectivity index is 1.61. The molecule has 3 amide bonds. The van der Waals surface area contributed by atoms with Crippen LogP contribution in [0.25, 0.3) is 0 Å². The first kappa shape index (κ1) is 18.8. The van der Waals surface area contributed by atoms with Crippen LogP contribution in [0.5, 0.6) is 0 Å². The van der Waals surface area contributed by atoms with Gasteiger partial charge in [0.25, 0.3) is 0 Å². The third-order valence-electron chi connectivity index (χ3n) is 4.94. The predicted molar refractivity (Wildman–Crippen MR) is 106 cm³/mol. The number of likely N-dealkylation sites (tertiary alicyclic amines) is 2. The molecule has 6 heteroatoms. The van der Waals surface area contributed by atoms with Crippen LogP contribution in [0.3, 0.4) is 0 Å². The highest BCUT2D eigenvalue weighted by Crippen LogP contribution is 2.28. The number of urea groups is 1. The topological polar surface area (TPSA) is 52.7 Å². The molecule has 1 aromatic carbocycles. The Morgan fingerprint density at radius 2 is 1.88 bits per heavy atom.